The Labute approximate surface area is 139 Å². The normalized spacial score (nSPS) is 21.3. The molecular weight excluding hydrogens is 323 g/mol. The van der Waals surface area contributed by atoms with E-state index in [0.29, 0.717) is 42.0 Å². The predicted molar refractivity (Wildman–Crippen MR) is 86.0 cm³/mol. The van der Waals surface area contributed by atoms with Gasteiger partial charge in [0.25, 0.3) is 0 Å². The molecule has 1 unspecified atom stereocenters. The minimum absolute atomic E-state index is 0.0166. The number of carbonyl (C=O) groups is 2. The molecule has 1 atom stereocenters. The van der Waals surface area contributed by atoms with Crippen molar-refractivity contribution < 1.29 is 9.59 Å². The Kier molecular flexibility index (Phi) is 4.59. The van der Waals surface area contributed by atoms with Crippen molar-refractivity contribution in [2.75, 3.05) is 13.1 Å². The van der Waals surface area contributed by atoms with Gasteiger partial charge in [-0.1, -0.05) is 29.3 Å². The fraction of sp³-hybridized carbons (Fsp3) is 0.500. The van der Waals surface area contributed by atoms with Crippen LogP contribution in [-0.2, 0) is 16.0 Å². The monoisotopic (exact) mass is 340 g/mol. The van der Waals surface area contributed by atoms with E-state index in [0.717, 1.165) is 18.4 Å². The third kappa shape index (κ3) is 3.73. The second kappa shape index (κ2) is 6.47. The zero-order valence-corrected chi connectivity index (χ0v) is 13.7. The van der Waals surface area contributed by atoms with Crippen LogP contribution in [0.2, 0.25) is 10.0 Å². The summed E-state index contributed by atoms with van der Waals surface area (Å²) in [5.41, 5.74) is 0.963. The quantitative estimate of drug-likeness (QED) is 0.895. The lowest BCUT2D eigenvalue weighted by atomic mass is 10.1. The number of likely N-dealkylation sites (tertiary alicyclic amines) is 1. The maximum absolute atomic E-state index is 12.0. The molecule has 3 rings (SSSR count). The summed E-state index contributed by atoms with van der Waals surface area (Å²) < 4.78 is 0. The molecule has 6 heteroatoms. The van der Waals surface area contributed by atoms with Gasteiger partial charge < -0.3 is 10.2 Å². The van der Waals surface area contributed by atoms with Gasteiger partial charge in [-0.25, -0.2) is 0 Å². The molecule has 2 amide bonds. The summed E-state index contributed by atoms with van der Waals surface area (Å²) in [6, 6.07) is 5.71. The summed E-state index contributed by atoms with van der Waals surface area (Å²) in [5.74, 6) is -0.155. The number of rotatable bonds is 5. The SMILES string of the molecule is O=C(NC1CC1)C1CC(=O)N(CCc2ccc(Cl)cc2Cl)C1. The van der Waals surface area contributed by atoms with Crippen molar-refractivity contribution in [3.05, 3.63) is 33.8 Å². The minimum Gasteiger partial charge on any atom is -0.353 e. The third-order valence-corrected chi connectivity index (χ3v) is 4.76. The number of hydrogen-bond donors (Lipinski definition) is 1. The average molecular weight is 341 g/mol. The molecule has 1 saturated heterocycles. The van der Waals surface area contributed by atoms with Crippen molar-refractivity contribution in [3.63, 3.8) is 0 Å². The molecule has 118 valence electrons. The van der Waals surface area contributed by atoms with Gasteiger partial charge >= 0.3 is 0 Å². The largest absolute Gasteiger partial charge is 0.353 e. The third-order valence-electron chi connectivity index (χ3n) is 4.18. The first-order chi connectivity index (χ1) is 10.5. The van der Waals surface area contributed by atoms with E-state index in [2.05, 4.69) is 5.32 Å². The van der Waals surface area contributed by atoms with E-state index < -0.39 is 0 Å². The zero-order chi connectivity index (χ0) is 15.7. The molecule has 1 aliphatic heterocycles. The number of nitrogens with one attached hydrogen (secondary N) is 1. The van der Waals surface area contributed by atoms with Crippen molar-refractivity contribution in [3.8, 4) is 0 Å². The standard InChI is InChI=1S/C16H18Cl2N2O2/c17-12-2-1-10(14(18)8-12)5-6-20-9-11(7-15(20)21)16(22)19-13-3-4-13/h1-2,8,11,13H,3-7,9H2,(H,19,22). The lowest BCUT2D eigenvalue weighted by Gasteiger charge is -2.17. The number of carbonyl (C=O) groups excluding carboxylic acids is 2. The molecule has 1 saturated carbocycles. The summed E-state index contributed by atoms with van der Waals surface area (Å²) in [7, 11) is 0. The van der Waals surface area contributed by atoms with E-state index in [-0.39, 0.29) is 17.7 Å². The Hall–Kier alpha value is -1.26. The lowest BCUT2D eigenvalue weighted by molar-refractivity contribution is -0.129. The molecular formula is C16H18Cl2N2O2. The van der Waals surface area contributed by atoms with E-state index in [4.69, 9.17) is 23.2 Å². The molecule has 1 aliphatic carbocycles. The molecule has 2 aliphatic rings. The zero-order valence-electron chi connectivity index (χ0n) is 12.1. The summed E-state index contributed by atoms with van der Waals surface area (Å²) >= 11 is 12.0. The van der Waals surface area contributed by atoms with E-state index in [1.807, 2.05) is 6.07 Å². The highest BCUT2D eigenvalue weighted by Gasteiger charge is 2.36. The van der Waals surface area contributed by atoms with Gasteiger partial charge in [0.15, 0.2) is 0 Å². The number of nitrogens with zero attached hydrogens (tertiary/aromatic N) is 1. The fourth-order valence-electron chi connectivity index (χ4n) is 2.69. The predicted octanol–water partition coefficient (Wildman–Crippen LogP) is 2.66. The van der Waals surface area contributed by atoms with Crippen molar-refractivity contribution >= 4 is 35.0 Å². The molecule has 0 aromatic heterocycles. The van der Waals surface area contributed by atoms with Gasteiger partial charge in [0.2, 0.25) is 11.8 Å². The highest BCUT2D eigenvalue weighted by molar-refractivity contribution is 6.35. The average Bonchev–Trinajstić information content (AvgIpc) is 3.19. The van der Waals surface area contributed by atoms with Gasteiger partial charge in [0, 0.05) is 35.6 Å². The first kappa shape index (κ1) is 15.6. The van der Waals surface area contributed by atoms with Crippen LogP contribution in [-0.4, -0.2) is 35.8 Å². The van der Waals surface area contributed by atoms with Crippen molar-refractivity contribution in [2.45, 2.75) is 31.7 Å². The van der Waals surface area contributed by atoms with Crippen LogP contribution in [0.3, 0.4) is 0 Å². The van der Waals surface area contributed by atoms with Crippen molar-refractivity contribution in [1.82, 2.24) is 10.2 Å². The first-order valence-electron chi connectivity index (χ1n) is 7.55. The fourth-order valence-corrected chi connectivity index (χ4v) is 3.19. The van der Waals surface area contributed by atoms with Gasteiger partial charge in [-0.3, -0.25) is 9.59 Å². The second-order valence-electron chi connectivity index (χ2n) is 6.01. The Bertz CT molecular complexity index is 602. The molecule has 1 N–H and O–H groups in total. The Morgan fingerprint density at radius 1 is 1.32 bits per heavy atom. The molecule has 2 fully saturated rings. The van der Waals surface area contributed by atoms with Gasteiger partial charge in [0.05, 0.1) is 5.92 Å². The molecule has 0 spiro atoms. The molecule has 0 radical (unpaired) electrons. The van der Waals surface area contributed by atoms with Crippen LogP contribution in [0.4, 0.5) is 0 Å². The lowest BCUT2D eigenvalue weighted by Crippen LogP contribution is -2.34. The highest BCUT2D eigenvalue weighted by atomic mass is 35.5. The number of halogens is 2. The van der Waals surface area contributed by atoms with Crippen molar-refractivity contribution in [2.24, 2.45) is 5.92 Å². The van der Waals surface area contributed by atoms with E-state index in [1.165, 1.54) is 0 Å². The molecule has 1 aromatic rings. The van der Waals surface area contributed by atoms with Crippen molar-refractivity contribution in [1.29, 1.82) is 0 Å². The second-order valence-corrected chi connectivity index (χ2v) is 6.85. The summed E-state index contributed by atoms with van der Waals surface area (Å²) in [4.78, 5) is 25.8. The van der Waals surface area contributed by atoms with Crippen LogP contribution < -0.4 is 5.32 Å². The summed E-state index contributed by atoms with van der Waals surface area (Å²) in [5, 5.41) is 4.19. The smallest absolute Gasteiger partial charge is 0.225 e. The topological polar surface area (TPSA) is 49.4 Å². The van der Waals surface area contributed by atoms with Crippen LogP contribution in [0.1, 0.15) is 24.8 Å². The van der Waals surface area contributed by atoms with E-state index in [1.54, 1.807) is 17.0 Å². The van der Waals surface area contributed by atoms with Gasteiger partial charge in [-0.2, -0.15) is 0 Å². The summed E-state index contributed by atoms with van der Waals surface area (Å²) in [6.45, 7) is 1.08. The highest BCUT2D eigenvalue weighted by Crippen LogP contribution is 2.25. The Balaban J connectivity index is 1.54. The van der Waals surface area contributed by atoms with Gasteiger partial charge in [0.1, 0.15) is 0 Å². The maximum Gasteiger partial charge on any atom is 0.225 e. The molecule has 0 bridgehead atoms. The molecule has 22 heavy (non-hydrogen) atoms. The van der Waals surface area contributed by atoms with E-state index >= 15 is 0 Å². The number of amides is 2. The van der Waals surface area contributed by atoms with Gasteiger partial charge in [-0.15, -0.1) is 0 Å². The first-order valence-corrected chi connectivity index (χ1v) is 8.30. The van der Waals surface area contributed by atoms with E-state index in [9.17, 15) is 9.59 Å². The van der Waals surface area contributed by atoms with Crippen LogP contribution in [0, 0.1) is 5.92 Å². The maximum atomic E-state index is 12.0. The van der Waals surface area contributed by atoms with Crippen LogP contribution in [0.15, 0.2) is 18.2 Å². The minimum atomic E-state index is -0.214. The number of hydrogen-bond acceptors (Lipinski definition) is 2. The van der Waals surface area contributed by atoms with Crippen LogP contribution >= 0.6 is 23.2 Å². The molecule has 4 nitrogen and oxygen atoms in total. The summed E-state index contributed by atoms with van der Waals surface area (Å²) in [6.07, 6.45) is 3.10. The Morgan fingerprint density at radius 2 is 2.09 bits per heavy atom. The Morgan fingerprint density at radius 3 is 2.77 bits per heavy atom. The molecule has 1 heterocycles. The van der Waals surface area contributed by atoms with Gasteiger partial charge in [-0.05, 0) is 37.0 Å². The number of benzene rings is 1. The molecule has 1 aromatic carbocycles. The van der Waals surface area contributed by atoms with Crippen LogP contribution in [0.25, 0.3) is 0 Å². The van der Waals surface area contributed by atoms with Crippen LogP contribution in [0.5, 0.6) is 0 Å².